The van der Waals surface area contributed by atoms with Gasteiger partial charge in [0.15, 0.2) is 0 Å². The van der Waals surface area contributed by atoms with Gasteiger partial charge in [-0.3, -0.25) is 4.79 Å². The maximum atomic E-state index is 12.0. The van der Waals surface area contributed by atoms with Crippen molar-refractivity contribution in [3.63, 3.8) is 0 Å². The van der Waals surface area contributed by atoms with Crippen molar-refractivity contribution in [2.75, 3.05) is 5.32 Å². The third-order valence-electron chi connectivity index (χ3n) is 2.91. The molecule has 0 fully saturated rings. The number of carbonyl (C=O) groups is 1. The highest BCUT2D eigenvalue weighted by Gasteiger charge is 2.21. The van der Waals surface area contributed by atoms with Crippen molar-refractivity contribution in [3.8, 4) is 11.1 Å². The lowest BCUT2D eigenvalue weighted by atomic mass is 9.95. The second-order valence-electron chi connectivity index (χ2n) is 5.65. The summed E-state index contributed by atoms with van der Waals surface area (Å²) in [5.41, 5.74) is 2.70. The van der Waals surface area contributed by atoms with Crippen LogP contribution in [0.25, 0.3) is 11.1 Å². The summed E-state index contributed by atoms with van der Waals surface area (Å²) in [7, 11) is 0. The van der Waals surface area contributed by atoms with E-state index in [0.29, 0.717) is 0 Å². The summed E-state index contributed by atoms with van der Waals surface area (Å²) in [6.45, 7) is 5.72. The molecule has 2 aromatic carbocycles. The fourth-order valence-corrected chi connectivity index (χ4v) is 1.73. The molecule has 0 unspecified atom stereocenters. The Morgan fingerprint density at radius 2 is 1.53 bits per heavy atom. The van der Waals surface area contributed by atoms with Gasteiger partial charge in [0.2, 0.25) is 5.91 Å². The van der Waals surface area contributed by atoms with E-state index in [-0.39, 0.29) is 11.3 Å². The van der Waals surface area contributed by atoms with Gasteiger partial charge in [-0.2, -0.15) is 0 Å². The van der Waals surface area contributed by atoms with Gasteiger partial charge in [0.25, 0.3) is 0 Å². The Labute approximate surface area is 114 Å². The van der Waals surface area contributed by atoms with Crippen molar-refractivity contribution >= 4 is 11.6 Å². The molecule has 1 amide bonds. The molecular weight excluding hydrogens is 234 g/mol. The molecule has 0 spiro atoms. The summed E-state index contributed by atoms with van der Waals surface area (Å²) in [6.07, 6.45) is 0. The average Bonchev–Trinajstić information content (AvgIpc) is 2.39. The molecule has 2 rings (SSSR count). The van der Waals surface area contributed by atoms with Crippen LogP contribution in [0.1, 0.15) is 20.8 Å². The van der Waals surface area contributed by atoms with Crippen LogP contribution in [0, 0.1) is 5.41 Å². The quantitative estimate of drug-likeness (QED) is 0.847. The normalized spacial score (nSPS) is 11.1. The molecule has 2 aromatic rings. The zero-order chi connectivity index (χ0) is 13.9. The first-order chi connectivity index (χ1) is 8.97. The third kappa shape index (κ3) is 3.44. The SMILES string of the molecule is CC(C)(C)C(=O)Nc1cccc(-c2ccccc2)c1. The van der Waals surface area contributed by atoms with E-state index >= 15 is 0 Å². The molecule has 0 heterocycles. The topological polar surface area (TPSA) is 29.1 Å². The first-order valence-corrected chi connectivity index (χ1v) is 6.44. The van der Waals surface area contributed by atoms with Crippen molar-refractivity contribution in [2.45, 2.75) is 20.8 Å². The zero-order valence-corrected chi connectivity index (χ0v) is 11.6. The predicted molar refractivity (Wildman–Crippen MR) is 80.0 cm³/mol. The van der Waals surface area contributed by atoms with Crippen LogP contribution in [-0.4, -0.2) is 5.91 Å². The first kappa shape index (κ1) is 13.3. The second kappa shape index (κ2) is 5.27. The van der Waals surface area contributed by atoms with Gasteiger partial charge in [0, 0.05) is 11.1 Å². The van der Waals surface area contributed by atoms with Gasteiger partial charge in [-0.05, 0) is 23.3 Å². The lowest BCUT2D eigenvalue weighted by Gasteiger charge is -2.18. The fourth-order valence-electron chi connectivity index (χ4n) is 1.73. The van der Waals surface area contributed by atoms with Crippen molar-refractivity contribution < 1.29 is 4.79 Å². The Balaban J connectivity index is 2.24. The van der Waals surface area contributed by atoms with E-state index in [1.165, 1.54) is 0 Å². The number of benzene rings is 2. The van der Waals surface area contributed by atoms with Crippen LogP contribution >= 0.6 is 0 Å². The van der Waals surface area contributed by atoms with E-state index in [9.17, 15) is 4.79 Å². The monoisotopic (exact) mass is 253 g/mol. The molecular formula is C17H19NO. The molecule has 0 saturated heterocycles. The minimum Gasteiger partial charge on any atom is -0.326 e. The number of anilines is 1. The fraction of sp³-hybridized carbons (Fsp3) is 0.235. The van der Waals surface area contributed by atoms with Crippen LogP contribution in [0.15, 0.2) is 54.6 Å². The molecule has 2 nitrogen and oxygen atoms in total. The smallest absolute Gasteiger partial charge is 0.229 e. The largest absolute Gasteiger partial charge is 0.326 e. The molecule has 0 radical (unpaired) electrons. The van der Waals surface area contributed by atoms with Gasteiger partial charge in [0.05, 0.1) is 0 Å². The molecule has 0 bridgehead atoms. The Kier molecular flexibility index (Phi) is 3.70. The number of rotatable bonds is 2. The van der Waals surface area contributed by atoms with Crippen molar-refractivity contribution in [1.29, 1.82) is 0 Å². The summed E-state index contributed by atoms with van der Waals surface area (Å²) in [6, 6.07) is 18.0. The summed E-state index contributed by atoms with van der Waals surface area (Å²) < 4.78 is 0. The zero-order valence-electron chi connectivity index (χ0n) is 11.6. The molecule has 0 saturated carbocycles. The molecule has 2 heteroatoms. The Morgan fingerprint density at radius 3 is 2.16 bits per heavy atom. The summed E-state index contributed by atoms with van der Waals surface area (Å²) in [5, 5.41) is 2.95. The van der Waals surface area contributed by atoms with Crippen LogP contribution in [0.2, 0.25) is 0 Å². The van der Waals surface area contributed by atoms with E-state index in [4.69, 9.17) is 0 Å². The molecule has 0 aliphatic heterocycles. The van der Waals surface area contributed by atoms with Crippen molar-refractivity contribution in [1.82, 2.24) is 0 Å². The maximum Gasteiger partial charge on any atom is 0.229 e. The predicted octanol–water partition coefficient (Wildman–Crippen LogP) is 4.34. The highest BCUT2D eigenvalue weighted by Crippen LogP contribution is 2.23. The van der Waals surface area contributed by atoms with E-state index in [1.807, 2.05) is 63.2 Å². The number of hydrogen-bond donors (Lipinski definition) is 1. The van der Waals surface area contributed by atoms with Gasteiger partial charge in [0.1, 0.15) is 0 Å². The van der Waals surface area contributed by atoms with E-state index < -0.39 is 0 Å². The minimum atomic E-state index is -0.386. The molecule has 0 aliphatic carbocycles. The van der Waals surface area contributed by atoms with E-state index in [1.54, 1.807) is 0 Å². The molecule has 0 atom stereocenters. The van der Waals surface area contributed by atoms with Crippen molar-refractivity contribution in [3.05, 3.63) is 54.6 Å². The lowest BCUT2D eigenvalue weighted by molar-refractivity contribution is -0.123. The Bertz CT molecular complexity index is 567. The van der Waals surface area contributed by atoms with Gasteiger partial charge in [-0.15, -0.1) is 0 Å². The minimum absolute atomic E-state index is 0.0257. The van der Waals surface area contributed by atoms with Crippen LogP contribution in [0.3, 0.4) is 0 Å². The highest BCUT2D eigenvalue weighted by atomic mass is 16.2. The average molecular weight is 253 g/mol. The third-order valence-corrected chi connectivity index (χ3v) is 2.91. The van der Waals surface area contributed by atoms with Gasteiger partial charge < -0.3 is 5.32 Å². The van der Waals surface area contributed by atoms with Crippen LogP contribution in [0.5, 0.6) is 0 Å². The molecule has 0 aromatic heterocycles. The first-order valence-electron chi connectivity index (χ1n) is 6.44. The summed E-state index contributed by atoms with van der Waals surface area (Å²) in [4.78, 5) is 12.0. The van der Waals surface area contributed by atoms with E-state index in [2.05, 4.69) is 17.4 Å². The van der Waals surface area contributed by atoms with Gasteiger partial charge >= 0.3 is 0 Å². The lowest BCUT2D eigenvalue weighted by Crippen LogP contribution is -2.27. The molecule has 19 heavy (non-hydrogen) atoms. The standard InChI is InChI=1S/C17H19NO/c1-17(2,3)16(19)18-15-11-7-10-14(12-15)13-8-5-4-6-9-13/h4-12H,1-3H3,(H,18,19). The van der Waals surface area contributed by atoms with Crippen LogP contribution < -0.4 is 5.32 Å². The molecule has 1 N–H and O–H groups in total. The Morgan fingerprint density at radius 1 is 0.895 bits per heavy atom. The van der Waals surface area contributed by atoms with Crippen LogP contribution in [-0.2, 0) is 4.79 Å². The van der Waals surface area contributed by atoms with Gasteiger partial charge in [-0.25, -0.2) is 0 Å². The molecule has 98 valence electrons. The highest BCUT2D eigenvalue weighted by molar-refractivity contribution is 5.95. The summed E-state index contributed by atoms with van der Waals surface area (Å²) >= 11 is 0. The number of amides is 1. The summed E-state index contributed by atoms with van der Waals surface area (Å²) in [5.74, 6) is 0.0257. The van der Waals surface area contributed by atoms with Crippen molar-refractivity contribution in [2.24, 2.45) is 5.41 Å². The van der Waals surface area contributed by atoms with Gasteiger partial charge in [-0.1, -0.05) is 63.2 Å². The van der Waals surface area contributed by atoms with E-state index in [0.717, 1.165) is 16.8 Å². The maximum absolute atomic E-state index is 12.0. The van der Waals surface area contributed by atoms with Crippen LogP contribution in [0.4, 0.5) is 5.69 Å². The Hall–Kier alpha value is -2.09. The number of nitrogens with one attached hydrogen (secondary N) is 1. The number of hydrogen-bond acceptors (Lipinski definition) is 1. The second-order valence-corrected chi connectivity index (χ2v) is 5.65. The number of carbonyl (C=O) groups excluding carboxylic acids is 1. The molecule has 0 aliphatic rings.